The van der Waals surface area contributed by atoms with Gasteiger partial charge in [0.05, 0.1) is 0 Å². The Morgan fingerprint density at radius 2 is 2.05 bits per heavy atom. The third kappa shape index (κ3) is 2.96. The molecule has 1 saturated heterocycles. The molecule has 2 fully saturated rings. The van der Waals surface area contributed by atoms with Gasteiger partial charge in [0, 0.05) is 0 Å². The number of pyridine rings is 1. The zero-order valence-electron chi connectivity index (χ0n) is 10.6. The van der Waals surface area contributed by atoms with Crippen molar-refractivity contribution in [2.24, 2.45) is 0 Å². The van der Waals surface area contributed by atoms with Crippen molar-refractivity contribution in [2.75, 3.05) is 0 Å². The summed E-state index contributed by atoms with van der Waals surface area (Å²) in [5.41, 5.74) is 0.936. The van der Waals surface area contributed by atoms with Crippen molar-refractivity contribution < 1.29 is 30.8 Å². The van der Waals surface area contributed by atoms with Crippen molar-refractivity contribution in [3.63, 3.8) is 0 Å². The van der Waals surface area contributed by atoms with Crippen LogP contribution in [0, 0.1) is 3.70 Å². The number of alkyl halides is 1. The van der Waals surface area contributed by atoms with Gasteiger partial charge in [-0.3, -0.25) is 0 Å². The number of rotatable bonds is 3. The van der Waals surface area contributed by atoms with Crippen LogP contribution in [0.2, 0.25) is 0 Å². The van der Waals surface area contributed by atoms with Gasteiger partial charge >= 0.3 is 122 Å². The molecule has 1 N–H and O–H groups in total. The van der Waals surface area contributed by atoms with Crippen LogP contribution in [-0.2, 0) is 9.59 Å². The average Bonchev–Trinajstić information content (AvgIpc) is 2.35. The van der Waals surface area contributed by atoms with Crippen LogP contribution in [0.4, 0.5) is 0 Å². The second-order valence-electron chi connectivity index (χ2n) is 5.06. The molecule has 1 unspecified atom stereocenters. The van der Waals surface area contributed by atoms with Crippen molar-refractivity contribution in [1.29, 1.82) is 0 Å². The van der Waals surface area contributed by atoms with Crippen molar-refractivity contribution in [3.8, 4) is 0 Å². The first-order valence-corrected chi connectivity index (χ1v) is 8.98. The predicted molar refractivity (Wildman–Crippen MR) is 65.7 cm³/mol. The molecule has 19 heavy (non-hydrogen) atoms. The molecule has 3 rings (SSSR count). The fraction of sp³-hybridized carbons (Fsp3) is 0.500. The van der Waals surface area contributed by atoms with E-state index in [0.717, 1.165) is 9.49 Å². The molecule has 2 heterocycles. The van der Waals surface area contributed by atoms with Gasteiger partial charge in [0.1, 0.15) is 0 Å². The van der Waals surface area contributed by atoms with Crippen LogP contribution in [0.5, 0.6) is 0 Å². The van der Waals surface area contributed by atoms with Crippen LogP contribution in [0.1, 0.15) is 43.6 Å². The molecule has 1 atom stereocenters. The van der Waals surface area contributed by atoms with Crippen molar-refractivity contribution >= 4 is 11.8 Å². The molecule has 1 aromatic rings. The van der Waals surface area contributed by atoms with Crippen LogP contribution in [0.25, 0.3) is 0 Å². The predicted octanol–water partition coefficient (Wildman–Crippen LogP) is -1.59. The molecule has 1 aliphatic heterocycles. The average molecular weight is 371 g/mol. The number of amides is 2. The summed E-state index contributed by atoms with van der Waals surface area (Å²) >= 11 is 0.0349. The van der Waals surface area contributed by atoms with E-state index < -0.39 is 0 Å². The van der Waals surface area contributed by atoms with Gasteiger partial charge in [-0.25, -0.2) is 0 Å². The standard InChI is InChI=1S/C14H16IN2O2/c18-13-7-5-11(14(19)17-13)9-4-6-12(16-8-9)15-10-2-1-3-10/h4,6,8,10-11H,1-3,5,7H2,(H,17,18,19)/q-1. The summed E-state index contributed by atoms with van der Waals surface area (Å²) in [6, 6.07) is 4.09. The van der Waals surface area contributed by atoms with Gasteiger partial charge in [-0.15, -0.1) is 0 Å². The molecule has 1 aliphatic carbocycles. The molecule has 5 heteroatoms. The van der Waals surface area contributed by atoms with E-state index in [1.165, 1.54) is 23.0 Å². The number of aromatic nitrogens is 1. The number of nitrogens with one attached hydrogen (secondary N) is 1. The summed E-state index contributed by atoms with van der Waals surface area (Å²) in [5, 5.41) is 2.39. The number of carbonyl (C=O) groups is 2. The number of piperidine rings is 1. The summed E-state index contributed by atoms with van der Waals surface area (Å²) in [5.74, 6) is -0.553. The number of hydrogen-bond donors (Lipinski definition) is 1. The molecule has 2 aliphatic rings. The SMILES string of the molecule is O=C1CCC(c2ccc([I-]C3CCC3)nc2)C(=O)N1. The summed E-state index contributed by atoms with van der Waals surface area (Å²) in [4.78, 5) is 27.4. The minimum atomic E-state index is -0.207. The second-order valence-corrected chi connectivity index (χ2v) is 8.54. The molecule has 0 spiro atoms. The minimum absolute atomic E-state index is 0.0349. The maximum absolute atomic E-state index is 11.8. The molecule has 1 saturated carbocycles. The molecule has 102 valence electrons. The number of imide groups is 1. The van der Waals surface area contributed by atoms with Crippen LogP contribution >= 0.6 is 0 Å². The van der Waals surface area contributed by atoms with Gasteiger partial charge in [0.25, 0.3) is 0 Å². The topological polar surface area (TPSA) is 59.1 Å². The zero-order valence-corrected chi connectivity index (χ0v) is 12.7. The molecule has 0 bridgehead atoms. The number of halogens is 1. The van der Waals surface area contributed by atoms with Crippen LogP contribution in [0.15, 0.2) is 18.3 Å². The third-order valence-electron chi connectivity index (χ3n) is 3.69. The van der Waals surface area contributed by atoms with E-state index in [-0.39, 0.29) is 38.9 Å². The first-order chi connectivity index (χ1) is 9.22. The number of carbonyl (C=O) groups excluding carboxylic acids is 2. The maximum atomic E-state index is 11.8. The van der Waals surface area contributed by atoms with E-state index in [0.29, 0.717) is 12.8 Å². The Morgan fingerprint density at radius 1 is 1.21 bits per heavy atom. The summed E-state index contributed by atoms with van der Waals surface area (Å²) in [6.07, 6.45) is 6.96. The Balaban J connectivity index is 1.67. The van der Waals surface area contributed by atoms with Crippen LogP contribution in [0.3, 0.4) is 0 Å². The summed E-state index contributed by atoms with van der Waals surface area (Å²) in [6.45, 7) is 0. The molecular formula is C14H16IN2O2-. The number of hydrogen-bond acceptors (Lipinski definition) is 3. The summed E-state index contributed by atoms with van der Waals surface area (Å²) in [7, 11) is 0. The van der Waals surface area contributed by atoms with E-state index in [1.807, 2.05) is 12.3 Å². The first kappa shape index (κ1) is 13.0. The zero-order chi connectivity index (χ0) is 13.2. The van der Waals surface area contributed by atoms with Crippen molar-refractivity contribution in [2.45, 2.75) is 41.9 Å². The fourth-order valence-corrected chi connectivity index (χ4v) is 5.39. The van der Waals surface area contributed by atoms with E-state index >= 15 is 0 Å². The molecule has 0 radical (unpaired) electrons. The molecule has 2 amide bonds. The van der Waals surface area contributed by atoms with E-state index in [1.54, 1.807) is 0 Å². The van der Waals surface area contributed by atoms with Gasteiger partial charge in [-0.2, -0.15) is 0 Å². The van der Waals surface area contributed by atoms with E-state index in [4.69, 9.17) is 0 Å². The molecule has 4 nitrogen and oxygen atoms in total. The van der Waals surface area contributed by atoms with Gasteiger partial charge in [-0.05, 0) is 0 Å². The van der Waals surface area contributed by atoms with Gasteiger partial charge < -0.3 is 0 Å². The summed E-state index contributed by atoms with van der Waals surface area (Å²) < 4.78 is 2.13. The first-order valence-electron chi connectivity index (χ1n) is 6.65. The Bertz CT molecular complexity index is 497. The fourth-order valence-electron chi connectivity index (χ4n) is 2.30. The van der Waals surface area contributed by atoms with Crippen molar-refractivity contribution in [3.05, 3.63) is 27.6 Å². The quantitative estimate of drug-likeness (QED) is 0.302. The molecular weight excluding hydrogens is 355 g/mol. The van der Waals surface area contributed by atoms with Crippen LogP contribution in [-0.4, -0.2) is 20.7 Å². The second kappa shape index (κ2) is 5.56. The monoisotopic (exact) mass is 371 g/mol. The van der Waals surface area contributed by atoms with Gasteiger partial charge in [0.2, 0.25) is 0 Å². The Kier molecular flexibility index (Phi) is 3.81. The van der Waals surface area contributed by atoms with E-state index in [9.17, 15) is 9.59 Å². The Morgan fingerprint density at radius 3 is 2.63 bits per heavy atom. The third-order valence-corrected chi connectivity index (χ3v) is 7.10. The van der Waals surface area contributed by atoms with Gasteiger partial charge in [-0.1, -0.05) is 0 Å². The van der Waals surface area contributed by atoms with E-state index in [2.05, 4.69) is 16.4 Å². The Labute approximate surface area is 122 Å². The normalized spacial score (nSPS) is 24.1. The number of nitrogens with zero attached hydrogens (tertiary/aromatic N) is 1. The van der Waals surface area contributed by atoms with Gasteiger partial charge in [0.15, 0.2) is 0 Å². The molecule has 1 aromatic heterocycles. The van der Waals surface area contributed by atoms with Crippen LogP contribution < -0.4 is 26.5 Å². The van der Waals surface area contributed by atoms with Crippen molar-refractivity contribution in [1.82, 2.24) is 10.3 Å². The Hall–Kier alpha value is -0.980. The molecule has 0 aromatic carbocycles.